The molecule has 1 aromatic rings. The second-order valence-corrected chi connectivity index (χ2v) is 4.87. The zero-order chi connectivity index (χ0) is 15.2. The SMILES string of the molecule is CCC(CC)C(Cc1ccc(OC(F)(F)F)cc1)NC. The first-order chi connectivity index (χ1) is 9.39. The standard InChI is InChI=1S/C15H22F3NO/c1-4-12(5-2)14(19-3)10-11-6-8-13(9-7-11)20-15(16,17)18/h6-9,12,14,19H,4-5,10H2,1-3H3. The number of nitrogens with one attached hydrogen (secondary N) is 1. The van der Waals surface area contributed by atoms with E-state index in [-0.39, 0.29) is 5.75 Å². The summed E-state index contributed by atoms with van der Waals surface area (Å²) in [6.45, 7) is 4.30. The summed E-state index contributed by atoms with van der Waals surface area (Å²) in [5.41, 5.74) is 1.01. The molecule has 0 aliphatic carbocycles. The third kappa shape index (κ3) is 5.41. The number of likely N-dealkylation sites (N-methyl/N-ethyl adjacent to an activating group) is 1. The van der Waals surface area contributed by atoms with Crippen molar-refractivity contribution in [3.05, 3.63) is 29.8 Å². The highest BCUT2D eigenvalue weighted by molar-refractivity contribution is 5.28. The van der Waals surface area contributed by atoms with Gasteiger partial charge >= 0.3 is 6.36 Å². The lowest BCUT2D eigenvalue weighted by atomic mass is 9.89. The molecular weight excluding hydrogens is 267 g/mol. The van der Waals surface area contributed by atoms with E-state index >= 15 is 0 Å². The van der Waals surface area contributed by atoms with Crippen LogP contribution in [-0.4, -0.2) is 19.5 Å². The van der Waals surface area contributed by atoms with Crippen molar-refractivity contribution in [1.29, 1.82) is 0 Å². The monoisotopic (exact) mass is 289 g/mol. The molecule has 0 bridgehead atoms. The predicted octanol–water partition coefficient (Wildman–Crippen LogP) is 4.15. The van der Waals surface area contributed by atoms with E-state index < -0.39 is 6.36 Å². The summed E-state index contributed by atoms with van der Waals surface area (Å²) < 4.78 is 40.1. The van der Waals surface area contributed by atoms with Gasteiger partial charge in [0.15, 0.2) is 0 Å². The summed E-state index contributed by atoms with van der Waals surface area (Å²) in [4.78, 5) is 0. The highest BCUT2D eigenvalue weighted by atomic mass is 19.4. The van der Waals surface area contributed by atoms with Crippen molar-refractivity contribution in [3.63, 3.8) is 0 Å². The first kappa shape index (κ1) is 16.8. The number of hydrogen-bond acceptors (Lipinski definition) is 2. The minimum absolute atomic E-state index is 0.176. The molecule has 20 heavy (non-hydrogen) atoms. The van der Waals surface area contributed by atoms with Crippen LogP contribution in [0.5, 0.6) is 5.75 Å². The molecule has 0 spiro atoms. The van der Waals surface area contributed by atoms with Gasteiger partial charge in [0, 0.05) is 6.04 Å². The van der Waals surface area contributed by atoms with Gasteiger partial charge in [-0.2, -0.15) is 0 Å². The van der Waals surface area contributed by atoms with Gasteiger partial charge in [-0.3, -0.25) is 0 Å². The summed E-state index contributed by atoms with van der Waals surface area (Å²) in [7, 11) is 1.92. The fourth-order valence-corrected chi connectivity index (χ4v) is 2.44. The summed E-state index contributed by atoms with van der Waals surface area (Å²) >= 11 is 0. The average molecular weight is 289 g/mol. The maximum absolute atomic E-state index is 12.1. The highest BCUT2D eigenvalue weighted by Crippen LogP contribution is 2.24. The number of alkyl halides is 3. The third-order valence-electron chi connectivity index (χ3n) is 3.60. The van der Waals surface area contributed by atoms with E-state index in [1.807, 2.05) is 7.05 Å². The first-order valence-corrected chi connectivity index (χ1v) is 6.91. The van der Waals surface area contributed by atoms with Crippen molar-refractivity contribution < 1.29 is 17.9 Å². The first-order valence-electron chi connectivity index (χ1n) is 6.91. The third-order valence-corrected chi connectivity index (χ3v) is 3.60. The fraction of sp³-hybridized carbons (Fsp3) is 0.600. The molecule has 0 heterocycles. The number of halogens is 3. The van der Waals surface area contributed by atoms with Crippen LogP contribution in [0.25, 0.3) is 0 Å². The van der Waals surface area contributed by atoms with E-state index in [2.05, 4.69) is 23.9 Å². The molecule has 0 aromatic heterocycles. The van der Waals surface area contributed by atoms with Crippen LogP contribution in [0.4, 0.5) is 13.2 Å². The number of rotatable bonds is 7. The van der Waals surface area contributed by atoms with Gasteiger partial charge in [0.05, 0.1) is 0 Å². The summed E-state index contributed by atoms with van der Waals surface area (Å²) in [5, 5.41) is 3.29. The molecule has 0 radical (unpaired) electrons. The van der Waals surface area contributed by atoms with Crippen LogP contribution in [-0.2, 0) is 6.42 Å². The molecule has 2 nitrogen and oxygen atoms in total. The topological polar surface area (TPSA) is 21.3 Å². The van der Waals surface area contributed by atoms with Crippen LogP contribution in [0.15, 0.2) is 24.3 Å². The van der Waals surface area contributed by atoms with Gasteiger partial charge in [-0.1, -0.05) is 38.8 Å². The van der Waals surface area contributed by atoms with Gasteiger partial charge in [0.1, 0.15) is 5.75 Å². The summed E-state index contributed by atoms with van der Waals surface area (Å²) in [6.07, 6.45) is -1.67. The Morgan fingerprint density at radius 3 is 2.05 bits per heavy atom. The van der Waals surface area contributed by atoms with Crippen LogP contribution in [0.2, 0.25) is 0 Å². The Morgan fingerprint density at radius 2 is 1.65 bits per heavy atom. The molecule has 0 amide bonds. The average Bonchev–Trinajstić information content (AvgIpc) is 2.39. The van der Waals surface area contributed by atoms with Crippen molar-refractivity contribution in [3.8, 4) is 5.75 Å². The molecule has 114 valence electrons. The van der Waals surface area contributed by atoms with Gasteiger partial charge < -0.3 is 10.1 Å². The minimum atomic E-state index is -4.63. The number of hydrogen-bond donors (Lipinski definition) is 1. The zero-order valence-corrected chi connectivity index (χ0v) is 12.1. The maximum atomic E-state index is 12.1. The number of benzene rings is 1. The summed E-state index contributed by atoms with van der Waals surface area (Å²) in [5.74, 6) is 0.385. The predicted molar refractivity (Wildman–Crippen MR) is 73.7 cm³/mol. The maximum Gasteiger partial charge on any atom is 0.573 e. The van der Waals surface area contributed by atoms with Crippen LogP contribution >= 0.6 is 0 Å². The lowest BCUT2D eigenvalue weighted by Gasteiger charge is -2.25. The molecule has 0 aliphatic rings. The molecule has 1 aromatic carbocycles. The van der Waals surface area contributed by atoms with Crippen LogP contribution in [0, 0.1) is 5.92 Å². The van der Waals surface area contributed by atoms with Gasteiger partial charge in [-0.15, -0.1) is 13.2 Å². The van der Waals surface area contributed by atoms with Crippen LogP contribution < -0.4 is 10.1 Å². The molecule has 0 saturated carbocycles. The Balaban J connectivity index is 2.68. The quantitative estimate of drug-likeness (QED) is 0.814. The molecule has 0 fully saturated rings. The normalized spacial score (nSPS) is 13.6. The van der Waals surface area contributed by atoms with Crippen molar-refractivity contribution in [2.24, 2.45) is 5.92 Å². The van der Waals surface area contributed by atoms with Gasteiger partial charge in [0.25, 0.3) is 0 Å². The Kier molecular flexibility index (Phi) is 6.33. The van der Waals surface area contributed by atoms with Crippen molar-refractivity contribution in [1.82, 2.24) is 5.32 Å². The Morgan fingerprint density at radius 1 is 1.10 bits per heavy atom. The highest BCUT2D eigenvalue weighted by Gasteiger charge is 2.31. The van der Waals surface area contributed by atoms with E-state index in [0.717, 1.165) is 24.8 Å². The molecule has 1 N–H and O–H groups in total. The van der Waals surface area contributed by atoms with Crippen LogP contribution in [0.3, 0.4) is 0 Å². The molecule has 1 atom stereocenters. The lowest BCUT2D eigenvalue weighted by molar-refractivity contribution is -0.274. The number of ether oxygens (including phenoxy) is 1. The minimum Gasteiger partial charge on any atom is -0.406 e. The van der Waals surface area contributed by atoms with Crippen molar-refractivity contribution >= 4 is 0 Å². The lowest BCUT2D eigenvalue weighted by Crippen LogP contribution is -2.35. The molecule has 1 rings (SSSR count). The molecule has 1 unspecified atom stereocenters. The van der Waals surface area contributed by atoms with E-state index in [9.17, 15) is 13.2 Å². The second kappa shape index (κ2) is 7.53. The zero-order valence-electron chi connectivity index (χ0n) is 12.1. The Labute approximate surface area is 118 Å². The van der Waals surface area contributed by atoms with Crippen molar-refractivity contribution in [2.75, 3.05) is 7.05 Å². The van der Waals surface area contributed by atoms with Gasteiger partial charge in [0.2, 0.25) is 0 Å². The molecule has 5 heteroatoms. The molecule has 0 aliphatic heterocycles. The largest absolute Gasteiger partial charge is 0.573 e. The molecular formula is C15H22F3NO. The van der Waals surface area contributed by atoms with E-state index in [1.165, 1.54) is 12.1 Å². The van der Waals surface area contributed by atoms with E-state index in [4.69, 9.17) is 0 Å². The Hall–Kier alpha value is -1.23. The second-order valence-electron chi connectivity index (χ2n) is 4.87. The fourth-order valence-electron chi connectivity index (χ4n) is 2.44. The van der Waals surface area contributed by atoms with Gasteiger partial charge in [-0.25, -0.2) is 0 Å². The van der Waals surface area contributed by atoms with Crippen LogP contribution in [0.1, 0.15) is 32.3 Å². The van der Waals surface area contributed by atoms with Crippen molar-refractivity contribution in [2.45, 2.75) is 45.5 Å². The molecule has 0 saturated heterocycles. The summed E-state index contributed by atoms with van der Waals surface area (Å²) in [6, 6.07) is 6.44. The van der Waals surface area contributed by atoms with E-state index in [0.29, 0.717) is 12.0 Å². The van der Waals surface area contributed by atoms with E-state index in [1.54, 1.807) is 12.1 Å². The van der Waals surface area contributed by atoms with Gasteiger partial charge in [-0.05, 0) is 37.1 Å². The smallest absolute Gasteiger partial charge is 0.406 e. The Bertz CT molecular complexity index is 385.